The number of carboxylic acid groups (broad SMARTS) is 1. The van der Waals surface area contributed by atoms with Crippen LogP contribution in [0.5, 0.6) is 0 Å². The highest BCUT2D eigenvalue weighted by Crippen LogP contribution is 2.17. The van der Waals surface area contributed by atoms with Crippen molar-refractivity contribution in [2.75, 3.05) is 13.1 Å². The molecule has 1 fully saturated rings. The van der Waals surface area contributed by atoms with Crippen LogP contribution in [0, 0.1) is 5.92 Å². The van der Waals surface area contributed by atoms with Gasteiger partial charge in [-0.1, -0.05) is 0 Å². The van der Waals surface area contributed by atoms with E-state index in [4.69, 9.17) is 5.11 Å². The SMILES string of the molecule is O=CCC1CCN(C(=O)O)C1. The maximum absolute atomic E-state index is 10.4. The number of rotatable bonds is 2. The Morgan fingerprint density at radius 2 is 2.45 bits per heavy atom. The lowest BCUT2D eigenvalue weighted by atomic mass is 10.1. The van der Waals surface area contributed by atoms with Gasteiger partial charge in [-0.25, -0.2) is 4.79 Å². The number of likely N-dealkylation sites (tertiary alicyclic amines) is 1. The predicted octanol–water partition coefficient (Wildman–Crippen LogP) is 0.575. The summed E-state index contributed by atoms with van der Waals surface area (Å²) in [4.78, 5) is 21.8. The molecule has 4 nitrogen and oxygen atoms in total. The first-order chi connectivity index (χ1) is 5.24. The van der Waals surface area contributed by atoms with Gasteiger partial charge in [0, 0.05) is 19.5 Å². The first-order valence-corrected chi connectivity index (χ1v) is 3.65. The second kappa shape index (κ2) is 3.37. The Balaban J connectivity index is 2.34. The highest BCUT2D eigenvalue weighted by Gasteiger charge is 2.24. The maximum atomic E-state index is 10.4. The van der Waals surface area contributed by atoms with Crippen molar-refractivity contribution in [2.45, 2.75) is 12.8 Å². The molecule has 4 heteroatoms. The quantitative estimate of drug-likeness (QED) is 0.596. The number of carbonyl (C=O) groups excluding carboxylic acids is 1. The van der Waals surface area contributed by atoms with Crippen LogP contribution < -0.4 is 0 Å². The van der Waals surface area contributed by atoms with Crippen LogP contribution in [0.1, 0.15) is 12.8 Å². The summed E-state index contributed by atoms with van der Waals surface area (Å²) >= 11 is 0. The summed E-state index contributed by atoms with van der Waals surface area (Å²) in [5, 5.41) is 8.54. The molecule has 1 rings (SSSR count). The molecule has 11 heavy (non-hydrogen) atoms. The van der Waals surface area contributed by atoms with Crippen molar-refractivity contribution in [1.29, 1.82) is 0 Å². The highest BCUT2D eigenvalue weighted by atomic mass is 16.4. The topological polar surface area (TPSA) is 57.6 Å². The van der Waals surface area contributed by atoms with Crippen LogP contribution in [0.25, 0.3) is 0 Å². The minimum absolute atomic E-state index is 0.253. The maximum Gasteiger partial charge on any atom is 0.407 e. The number of carbonyl (C=O) groups is 2. The van der Waals surface area contributed by atoms with E-state index in [2.05, 4.69) is 0 Å². The Bertz CT molecular complexity index is 169. The van der Waals surface area contributed by atoms with Gasteiger partial charge in [-0.15, -0.1) is 0 Å². The smallest absolute Gasteiger partial charge is 0.407 e. The molecule has 1 N–H and O–H groups in total. The molecular formula is C7H11NO3. The molecule has 0 spiro atoms. The molecule has 0 saturated carbocycles. The first kappa shape index (κ1) is 8.04. The van der Waals surface area contributed by atoms with Crippen molar-refractivity contribution in [1.82, 2.24) is 4.90 Å². The van der Waals surface area contributed by atoms with Crippen molar-refractivity contribution in [3.63, 3.8) is 0 Å². The lowest BCUT2D eigenvalue weighted by molar-refractivity contribution is -0.108. The Kier molecular flexibility index (Phi) is 2.46. The van der Waals surface area contributed by atoms with E-state index in [1.807, 2.05) is 0 Å². The van der Waals surface area contributed by atoms with Crippen LogP contribution in [0.2, 0.25) is 0 Å². The summed E-state index contributed by atoms with van der Waals surface area (Å²) in [7, 11) is 0. The molecule has 0 aliphatic carbocycles. The molecule has 1 atom stereocenters. The average Bonchev–Trinajstić information content (AvgIpc) is 2.37. The van der Waals surface area contributed by atoms with Crippen molar-refractivity contribution >= 4 is 12.4 Å². The number of amides is 1. The zero-order valence-electron chi connectivity index (χ0n) is 6.19. The fourth-order valence-corrected chi connectivity index (χ4v) is 1.33. The fraction of sp³-hybridized carbons (Fsp3) is 0.714. The molecule has 0 radical (unpaired) electrons. The second-order valence-electron chi connectivity index (χ2n) is 2.79. The molecule has 1 saturated heterocycles. The van der Waals surface area contributed by atoms with Gasteiger partial charge in [-0.3, -0.25) is 0 Å². The zero-order chi connectivity index (χ0) is 8.27. The fourth-order valence-electron chi connectivity index (χ4n) is 1.33. The van der Waals surface area contributed by atoms with Crippen LogP contribution in [0.15, 0.2) is 0 Å². The molecule has 0 aromatic heterocycles. The molecule has 1 aliphatic rings. The van der Waals surface area contributed by atoms with Gasteiger partial charge in [0.25, 0.3) is 0 Å². The van der Waals surface area contributed by atoms with Crippen molar-refractivity contribution in [3.05, 3.63) is 0 Å². The third kappa shape index (κ3) is 1.93. The van der Waals surface area contributed by atoms with Gasteiger partial charge in [0.1, 0.15) is 6.29 Å². The minimum atomic E-state index is -0.876. The number of aldehydes is 1. The lowest BCUT2D eigenvalue weighted by Crippen LogP contribution is -2.26. The van der Waals surface area contributed by atoms with Crippen LogP contribution in [-0.2, 0) is 4.79 Å². The number of hydrogen-bond acceptors (Lipinski definition) is 2. The van der Waals surface area contributed by atoms with E-state index in [0.29, 0.717) is 19.5 Å². The molecule has 62 valence electrons. The van der Waals surface area contributed by atoms with Crippen molar-refractivity contribution in [2.24, 2.45) is 5.92 Å². The molecule has 1 unspecified atom stereocenters. The summed E-state index contributed by atoms with van der Waals surface area (Å²) in [6, 6.07) is 0. The van der Waals surface area contributed by atoms with Crippen LogP contribution in [0.4, 0.5) is 4.79 Å². The summed E-state index contributed by atoms with van der Waals surface area (Å²) in [6.07, 6.45) is 1.29. The van der Waals surface area contributed by atoms with Crippen molar-refractivity contribution < 1.29 is 14.7 Å². The summed E-state index contributed by atoms with van der Waals surface area (Å²) < 4.78 is 0. The normalized spacial score (nSPS) is 23.6. The van der Waals surface area contributed by atoms with E-state index in [0.717, 1.165) is 12.7 Å². The van der Waals surface area contributed by atoms with Crippen LogP contribution in [0.3, 0.4) is 0 Å². The van der Waals surface area contributed by atoms with Crippen LogP contribution >= 0.6 is 0 Å². The largest absolute Gasteiger partial charge is 0.465 e. The van der Waals surface area contributed by atoms with Gasteiger partial charge in [-0.05, 0) is 12.3 Å². The molecule has 1 heterocycles. The standard InChI is InChI=1S/C7H11NO3/c9-4-2-6-1-3-8(5-6)7(10)11/h4,6H,1-3,5H2,(H,10,11). The summed E-state index contributed by atoms with van der Waals surface area (Å²) in [5.41, 5.74) is 0. The van der Waals surface area contributed by atoms with E-state index in [1.54, 1.807) is 0 Å². The number of hydrogen-bond donors (Lipinski definition) is 1. The molecular weight excluding hydrogens is 146 g/mol. The average molecular weight is 157 g/mol. The Morgan fingerprint density at radius 3 is 2.91 bits per heavy atom. The Labute approximate surface area is 64.8 Å². The number of nitrogens with zero attached hydrogens (tertiary/aromatic N) is 1. The van der Waals surface area contributed by atoms with E-state index in [1.165, 1.54) is 4.90 Å². The predicted molar refractivity (Wildman–Crippen MR) is 38.4 cm³/mol. The lowest BCUT2D eigenvalue weighted by Gasteiger charge is -2.09. The van der Waals surface area contributed by atoms with Gasteiger partial charge >= 0.3 is 6.09 Å². The molecule has 1 aliphatic heterocycles. The van der Waals surface area contributed by atoms with Gasteiger partial charge in [0.2, 0.25) is 0 Å². The minimum Gasteiger partial charge on any atom is -0.465 e. The van der Waals surface area contributed by atoms with Gasteiger partial charge in [-0.2, -0.15) is 0 Å². The molecule has 0 bridgehead atoms. The third-order valence-corrected chi connectivity index (χ3v) is 1.99. The molecule has 0 aromatic rings. The van der Waals surface area contributed by atoms with Crippen LogP contribution in [-0.4, -0.2) is 35.5 Å². The summed E-state index contributed by atoms with van der Waals surface area (Å²) in [5.74, 6) is 0.253. The Hall–Kier alpha value is -1.06. The Morgan fingerprint density at radius 1 is 1.73 bits per heavy atom. The third-order valence-electron chi connectivity index (χ3n) is 1.99. The first-order valence-electron chi connectivity index (χ1n) is 3.65. The van der Waals surface area contributed by atoms with E-state index >= 15 is 0 Å². The zero-order valence-corrected chi connectivity index (χ0v) is 6.19. The van der Waals surface area contributed by atoms with E-state index in [-0.39, 0.29) is 5.92 Å². The molecule has 0 aromatic carbocycles. The van der Waals surface area contributed by atoms with Gasteiger partial charge in [0.15, 0.2) is 0 Å². The molecule has 1 amide bonds. The van der Waals surface area contributed by atoms with Gasteiger partial charge < -0.3 is 14.8 Å². The summed E-state index contributed by atoms with van der Waals surface area (Å²) in [6.45, 7) is 1.10. The highest BCUT2D eigenvalue weighted by molar-refractivity contribution is 5.65. The van der Waals surface area contributed by atoms with E-state index < -0.39 is 6.09 Å². The van der Waals surface area contributed by atoms with Gasteiger partial charge in [0.05, 0.1) is 0 Å². The second-order valence-corrected chi connectivity index (χ2v) is 2.79. The monoisotopic (exact) mass is 157 g/mol. The van der Waals surface area contributed by atoms with E-state index in [9.17, 15) is 9.59 Å². The van der Waals surface area contributed by atoms with Crippen molar-refractivity contribution in [3.8, 4) is 0 Å².